The van der Waals surface area contributed by atoms with Gasteiger partial charge in [-0.1, -0.05) is 23.7 Å². The van der Waals surface area contributed by atoms with Crippen LogP contribution in [0.5, 0.6) is 17.2 Å². The summed E-state index contributed by atoms with van der Waals surface area (Å²) in [6.45, 7) is 0.287. The molecule has 3 aromatic carbocycles. The van der Waals surface area contributed by atoms with Gasteiger partial charge in [-0.25, -0.2) is 0 Å². The monoisotopic (exact) mass is 558 g/mol. The van der Waals surface area contributed by atoms with E-state index in [-0.39, 0.29) is 47.0 Å². The van der Waals surface area contributed by atoms with Crippen LogP contribution >= 0.6 is 23.4 Å². The number of aliphatic carboxylic acids is 1. The number of hydrogen-bond acceptors (Lipinski definition) is 6. The first-order valence-corrected chi connectivity index (χ1v) is 14.1. The van der Waals surface area contributed by atoms with E-state index in [0.717, 1.165) is 19.3 Å². The molecular formula is C30H28ClNaO5S. The van der Waals surface area contributed by atoms with Gasteiger partial charge in [-0.2, -0.15) is 0 Å². The molecule has 1 aliphatic carbocycles. The Morgan fingerprint density at radius 1 is 1.05 bits per heavy atom. The first-order valence-electron chi connectivity index (χ1n) is 12.5. The van der Waals surface area contributed by atoms with Crippen LogP contribution in [0.3, 0.4) is 0 Å². The van der Waals surface area contributed by atoms with E-state index in [2.05, 4.69) is 30.5 Å². The molecule has 0 bridgehead atoms. The van der Waals surface area contributed by atoms with Crippen LogP contribution in [0.2, 0.25) is 5.02 Å². The molecule has 5 nitrogen and oxygen atoms in total. The van der Waals surface area contributed by atoms with Gasteiger partial charge in [0.25, 0.3) is 0 Å². The quantitative estimate of drug-likeness (QED) is 0.239. The van der Waals surface area contributed by atoms with E-state index >= 15 is 0 Å². The summed E-state index contributed by atoms with van der Waals surface area (Å²) in [5.74, 6) is 0.486. The van der Waals surface area contributed by atoms with Crippen molar-refractivity contribution in [3.63, 3.8) is 0 Å². The van der Waals surface area contributed by atoms with Crippen molar-refractivity contribution < 1.29 is 53.7 Å². The third-order valence-electron chi connectivity index (χ3n) is 7.39. The minimum atomic E-state index is -1.15. The standard InChI is InChI=1S/C30H29ClO5S.Na/c1-37-23-10-6-19(7-11-23)21-3-2-18(14-21)15-27(32)20-4-8-22(9-5-20)36-29-17-28-25(16-26(29)31)24(30(33)34)12-13-35-28;/h4-11,16-18,21,24H,2-3,12-15H2,1H3,(H,33,34);/q;+1/p-1. The molecule has 1 saturated carbocycles. The van der Waals surface area contributed by atoms with E-state index in [9.17, 15) is 14.7 Å². The van der Waals surface area contributed by atoms with E-state index in [1.165, 1.54) is 10.5 Å². The predicted molar refractivity (Wildman–Crippen MR) is 143 cm³/mol. The number of halogens is 1. The molecule has 0 amide bonds. The molecule has 0 radical (unpaired) electrons. The number of rotatable bonds is 8. The number of benzene rings is 3. The Kier molecular flexibility index (Phi) is 9.88. The van der Waals surface area contributed by atoms with Crippen molar-refractivity contribution in [2.75, 3.05) is 12.9 Å². The average Bonchev–Trinajstić information content (AvgIpc) is 3.37. The Labute approximate surface area is 254 Å². The normalized spacial score (nSPS) is 20.1. The van der Waals surface area contributed by atoms with Crippen molar-refractivity contribution in [2.45, 2.75) is 48.8 Å². The molecule has 0 aromatic heterocycles. The zero-order valence-corrected chi connectivity index (χ0v) is 25.1. The number of hydrogen-bond donors (Lipinski definition) is 0. The van der Waals surface area contributed by atoms with E-state index in [1.54, 1.807) is 48.2 Å². The smallest absolute Gasteiger partial charge is 0.549 e. The van der Waals surface area contributed by atoms with Gasteiger partial charge in [-0.15, -0.1) is 11.8 Å². The number of fused-ring (bicyclic) bond motifs is 1. The molecule has 2 aliphatic rings. The van der Waals surface area contributed by atoms with Crippen LogP contribution in [-0.4, -0.2) is 24.6 Å². The summed E-state index contributed by atoms with van der Waals surface area (Å²) >= 11 is 8.13. The summed E-state index contributed by atoms with van der Waals surface area (Å²) in [6, 6.07) is 19.0. The molecule has 192 valence electrons. The van der Waals surface area contributed by atoms with Crippen molar-refractivity contribution in [3.05, 3.63) is 82.4 Å². The van der Waals surface area contributed by atoms with Crippen LogP contribution < -0.4 is 44.1 Å². The van der Waals surface area contributed by atoms with E-state index in [0.29, 0.717) is 53.1 Å². The zero-order chi connectivity index (χ0) is 25.9. The number of carbonyl (C=O) groups is 2. The summed E-state index contributed by atoms with van der Waals surface area (Å²) < 4.78 is 11.6. The number of ether oxygens (including phenoxy) is 2. The van der Waals surface area contributed by atoms with Gasteiger partial charge in [0.15, 0.2) is 5.78 Å². The van der Waals surface area contributed by atoms with E-state index < -0.39 is 11.9 Å². The zero-order valence-electron chi connectivity index (χ0n) is 21.6. The third kappa shape index (κ3) is 6.60. The number of thioether (sulfide) groups is 1. The van der Waals surface area contributed by atoms with Crippen molar-refractivity contribution in [1.29, 1.82) is 0 Å². The molecule has 1 fully saturated rings. The molecule has 3 aromatic rings. The molecule has 5 rings (SSSR count). The molecule has 3 unspecified atom stereocenters. The molecule has 1 aliphatic heterocycles. The molecule has 3 atom stereocenters. The van der Waals surface area contributed by atoms with E-state index in [4.69, 9.17) is 21.1 Å². The van der Waals surface area contributed by atoms with Crippen molar-refractivity contribution in [2.24, 2.45) is 5.92 Å². The molecule has 0 saturated heterocycles. The summed E-state index contributed by atoms with van der Waals surface area (Å²) in [5.41, 5.74) is 2.53. The SMILES string of the molecule is CSc1ccc(C2CCC(CC(=O)c3ccc(Oc4cc5c(cc4Cl)C(C(=O)[O-])CCO5)cc3)C2)cc1.[Na+]. The maximum absolute atomic E-state index is 13.0. The third-order valence-corrected chi connectivity index (χ3v) is 8.43. The topological polar surface area (TPSA) is 75.7 Å². The Morgan fingerprint density at radius 3 is 2.47 bits per heavy atom. The van der Waals surface area contributed by atoms with Gasteiger partial charge < -0.3 is 19.4 Å². The maximum Gasteiger partial charge on any atom is 1.00 e. The van der Waals surface area contributed by atoms with Gasteiger partial charge in [0.2, 0.25) is 0 Å². The fourth-order valence-electron chi connectivity index (χ4n) is 5.37. The van der Waals surface area contributed by atoms with Crippen molar-refractivity contribution in [3.8, 4) is 17.2 Å². The molecule has 0 N–H and O–H groups in total. The van der Waals surface area contributed by atoms with Crippen LogP contribution in [0.4, 0.5) is 0 Å². The predicted octanol–water partition coefficient (Wildman–Crippen LogP) is 3.63. The first kappa shape index (κ1) is 29.0. The number of ketones is 1. The summed E-state index contributed by atoms with van der Waals surface area (Å²) in [6.07, 6.45) is 6.21. The van der Waals surface area contributed by atoms with Gasteiger partial charge >= 0.3 is 29.6 Å². The number of carbonyl (C=O) groups excluding carboxylic acids is 2. The summed E-state index contributed by atoms with van der Waals surface area (Å²) in [7, 11) is 0. The van der Waals surface area contributed by atoms with Crippen LogP contribution in [0, 0.1) is 5.92 Å². The Balaban J connectivity index is 0.00000336. The molecular weight excluding hydrogens is 531 g/mol. The minimum absolute atomic E-state index is 0. The van der Waals surface area contributed by atoms with Crippen LogP contribution in [0.15, 0.2) is 65.6 Å². The molecule has 0 spiro atoms. The number of carboxylic acid groups (broad SMARTS) is 1. The van der Waals surface area contributed by atoms with Gasteiger partial charge in [-0.05, 0) is 91.8 Å². The van der Waals surface area contributed by atoms with Gasteiger partial charge in [0, 0.05) is 40.4 Å². The largest absolute Gasteiger partial charge is 1.00 e. The van der Waals surface area contributed by atoms with Crippen LogP contribution in [0.25, 0.3) is 0 Å². The molecule has 38 heavy (non-hydrogen) atoms. The molecule has 8 heteroatoms. The van der Waals surface area contributed by atoms with Crippen molar-refractivity contribution in [1.82, 2.24) is 0 Å². The van der Waals surface area contributed by atoms with Gasteiger partial charge in [-0.3, -0.25) is 4.79 Å². The minimum Gasteiger partial charge on any atom is -0.549 e. The first-order chi connectivity index (χ1) is 17.9. The van der Waals surface area contributed by atoms with Gasteiger partial charge in [0.05, 0.1) is 11.6 Å². The van der Waals surface area contributed by atoms with Gasteiger partial charge in [0.1, 0.15) is 17.2 Å². The Bertz CT molecular complexity index is 1300. The summed E-state index contributed by atoms with van der Waals surface area (Å²) in [4.78, 5) is 25.7. The Hall–Kier alpha value is -1.96. The average molecular weight is 559 g/mol. The molecule has 1 heterocycles. The van der Waals surface area contributed by atoms with Crippen LogP contribution in [0.1, 0.15) is 65.4 Å². The maximum atomic E-state index is 13.0. The second-order valence-electron chi connectivity index (χ2n) is 9.73. The second-order valence-corrected chi connectivity index (χ2v) is 11.0. The fraction of sp³-hybridized carbons (Fsp3) is 0.333. The number of carboxylic acids is 1. The fourth-order valence-corrected chi connectivity index (χ4v) is 5.99. The van der Waals surface area contributed by atoms with Crippen molar-refractivity contribution >= 4 is 35.1 Å². The Morgan fingerprint density at radius 2 is 1.79 bits per heavy atom. The summed E-state index contributed by atoms with van der Waals surface area (Å²) in [5, 5.41) is 11.7. The van der Waals surface area contributed by atoms with E-state index in [1.807, 2.05) is 0 Å². The second kappa shape index (κ2) is 12.9. The number of Topliss-reactive ketones (excluding diaryl/α,β-unsaturated/α-hetero) is 1. The van der Waals surface area contributed by atoms with Crippen LogP contribution in [-0.2, 0) is 4.79 Å².